The van der Waals surface area contributed by atoms with Gasteiger partial charge >= 0.3 is 0 Å². The molecule has 1 aromatic carbocycles. The molecule has 0 saturated heterocycles. The molecule has 6 heteroatoms. The van der Waals surface area contributed by atoms with E-state index in [0.717, 1.165) is 16.3 Å². The van der Waals surface area contributed by atoms with E-state index in [1.54, 1.807) is 17.4 Å². The van der Waals surface area contributed by atoms with Gasteiger partial charge < -0.3 is 5.32 Å². The Hall–Kier alpha value is -2.31. The molecule has 0 aliphatic heterocycles. The summed E-state index contributed by atoms with van der Waals surface area (Å²) in [6, 6.07) is 11.7. The number of benzene rings is 1. The zero-order valence-corrected chi connectivity index (χ0v) is 15.5. The number of Topliss-reactive ketones (excluding diaryl/α,β-unsaturated/α-hetero) is 1. The molecule has 0 atom stereocenters. The normalized spacial score (nSPS) is 10.6. The number of nitrogens with one attached hydrogen (secondary N) is 1. The van der Waals surface area contributed by atoms with Gasteiger partial charge in [-0.25, -0.2) is 4.98 Å². The van der Waals surface area contributed by atoms with Gasteiger partial charge in [-0.1, -0.05) is 30.3 Å². The Morgan fingerprint density at radius 2 is 1.92 bits per heavy atom. The molecule has 0 fully saturated rings. The molecule has 0 radical (unpaired) electrons. The maximum atomic E-state index is 11.9. The van der Waals surface area contributed by atoms with E-state index in [1.165, 1.54) is 16.9 Å². The van der Waals surface area contributed by atoms with Crippen LogP contribution in [0, 0.1) is 6.92 Å². The fraction of sp³-hybridized carbons (Fsp3) is 0.211. The number of aromatic nitrogens is 1. The van der Waals surface area contributed by atoms with Gasteiger partial charge in [0, 0.05) is 23.8 Å². The second-order valence-electron chi connectivity index (χ2n) is 5.64. The first-order valence-corrected chi connectivity index (χ1v) is 9.73. The standard InChI is InChI=1S/C19H18N2O2S2/c1-13-5-2-3-6-15(13)19-21-14(12-25-19)11-20-18(23)9-8-16(22)17-7-4-10-24-17/h2-7,10,12H,8-9,11H2,1H3,(H,20,23). The SMILES string of the molecule is Cc1ccccc1-c1nc(CNC(=O)CCC(=O)c2cccs2)cs1. The second-order valence-corrected chi connectivity index (χ2v) is 7.44. The number of thiophene rings is 1. The van der Waals surface area contributed by atoms with E-state index in [2.05, 4.69) is 23.3 Å². The van der Waals surface area contributed by atoms with E-state index in [0.29, 0.717) is 11.4 Å². The first kappa shape index (κ1) is 17.5. The summed E-state index contributed by atoms with van der Waals surface area (Å²) in [5.74, 6) is -0.115. The van der Waals surface area contributed by atoms with Crippen molar-refractivity contribution in [3.8, 4) is 10.6 Å². The predicted octanol–water partition coefficient (Wildman–Crippen LogP) is 4.46. The molecule has 0 aliphatic carbocycles. The maximum Gasteiger partial charge on any atom is 0.220 e. The third-order valence-electron chi connectivity index (χ3n) is 3.77. The minimum atomic E-state index is -0.129. The van der Waals surface area contributed by atoms with E-state index in [4.69, 9.17) is 0 Å². The average Bonchev–Trinajstić information content (AvgIpc) is 3.30. The molecule has 4 nitrogen and oxygen atoms in total. The van der Waals surface area contributed by atoms with Crippen LogP contribution in [0.15, 0.2) is 47.2 Å². The Kier molecular flexibility index (Phi) is 5.73. The zero-order valence-electron chi connectivity index (χ0n) is 13.8. The summed E-state index contributed by atoms with van der Waals surface area (Å²) in [6.07, 6.45) is 0.434. The minimum Gasteiger partial charge on any atom is -0.350 e. The number of hydrogen-bond donors (Lipinski definition) is 1. The van der Waals surface area contributed by atoms with Crippen LogP contribution in [0.5, 0.6) is 0 Å². The van der Waals surface area contributed by atoms with Crippen molar-refractivity contribution in [2.75, 3.05) is 0 Å². The molecule has 3 aromatic rings. The summed E-state index contributed by atoms with van der Waals surface area (Å²) in [6.45, 7) is 2.44. The molecule has 1 N–H and O–H groups in total. The van der Waals surface area contributed by atoms with Gasteiger partial charge in [0.2, 0.25) is 5.91 Å². The van der Waals surface area contributed by atoms with E-state index in [-0.39, 0.29) is 24.5 Å². The lowest BCUT2D eigenvalue weighted by Crippen LogP contribution is -2.23. The minimum absolute atomic E-state index is 0.0145. The third kappa shape index (κ3) is 4.61. The van der Waals surface area contributed by atoms with Crippen molar-refractivity contribution < 1.29 is 9.59 Å². The smallest absolute Gasteiger partial charge is 0.220 e. The Morgan fingerprint density at radius 1 is 1.08 bits per heavy atom. The molecule has 25 heavy (non-hydrogen) atoms. The van der Waals surface area contributed by atoms with Crippen molar-refractivity contribution in [1.29, 1.82) is 0 Å². The van der Waals surface area contributed by atoms with E-state index in [1.807, 2.05) is 35.0 Å². The van der Waals surface area contributed by atoms with Crippen LogP contribution in [0.4, 0.5) is 0 Å². The van der Waals surface area contributed by atoms with Crippen LogP contribution in [0.3, 0.4) is 0 Å². The zero-order chi connectivity index (χ0) is 17.6. The molecular weight excluding hydrogens is 352 g/mol. The highest BCUT2D eigenvalue weighted by Crippen LogP contribution is 2.26. The molecule has 1 amide bonds. The van der Waals surface area contributed by atoms with Gasteiger partial charge in [-0.3, -0.25) is 9.59 Å². The van der Waals surface area contributed by atoms with Crippen molar-refractivity contribution in [1.82, 2.24) is 10.3 Å². The number of ketones is 1. The average molecular weight is 370 g/mol. The number of aryl methyl sites for hydroxylation is 1. The Balaban J connectivity index is 1.50. The summed E-state index contributed by atoms with van der Waals surface area (Å²) in [7, 11) is 0. The summed E-state index contributed by atoms with van der Waals surface area (Å²) in [5, 5.41) is 7.61. The van der Waals surface area contributed by atoms with Crippen molar-refractivity contribution in [3.05, 3.63) is 63.3 Å². The number of nitrogens with zero attached hydrogens (tertiary/aromatic N) is 1. The van der Waals surface area contributed by atoms with Gasteiger partial charge in [0.05, 0.1) is 17.1 Å². The lowest BCUT2D eigenvalue weighted by molar-refractivity contribution is -0.121. The highest BCUT2D eigenvalue weighted by atomic mass is 32.1. The Labute approximate surface area is 154 Å². The summed E-state index contributed by atoms with van der Waals surface area (Å²) < 4.78 is 0. The van der Waals surface area contributed by atoms with Crippen molar-refractivity contribution in [2.24, 2.45) is 0 Å². The Bertz CT molecular complexity index is 869. The lowest BCUT2D eigenvalue weighted by atomic mass is 10.1. The van der Waals surface area contributed by atoms with Crippen molar-refractivity contribution in [3.63, 3.8) is 0 Å². The number of hydrogen-bond acceptors (Lipinski definition) is 5. The molecule has 3 rings (SSSR count). The fourth-order valence-electron chi connectivity index (χ4n) is 2.39. The molecule has 0 unspecified atom stereocenters. The van der Waals surface area contributed by atoms with E-state index < -0.39 is 0 Å². The maximum absolute atomic E-state index is 11.9. The van der Waals surface area contributed by atoms with Gasteiger partial charge in [-0.2, -0.15) is 0 Å². The number of thiazole rings is 1. The van der Waals surface area contributed by atoms with Gasteiger partial charge in [0.15, 0.2) is 5.78 Å². The predicted molar refractivity (Wildman–Crippen MR) is 102 cm³/mol. The first-order chi connectivity index (χ1) is 12.1. The van der Waals surface area contributed by atoms with Crippen molar-refractivity contribution in [2.45, 2.75) is 26.3 Å². The number of carbonyl (C=O) groups excluding carboxylic acids is 2. The topological polar surface area (TPSA) is 59.1 Å². The Morgan fingerprint density at radius 3 is 2.68 bits per heavy atom. The summed E-state index contributed by atoms with van der Waals surface area (Å²) >= 11 is 2.97. The van der Waals surface area contributed by atoms with Gasteiger partial charge in [-0.15, -0.1) is 22.7 Å². The number of rotatable bonds is 7. The largest absolute Gasteiger partial charge is 0.350 e. The molecule has 2 heterocycles. The summed E-state index contributed by atoms with van der Waals surface area (Å²) in [5.41, 5.74) is 3.13. The monoisotopic (exact) mass is 370 g/mol. The molecule has 0 saturated carbocycles. The highest BCUT2D eigenvalue weighted by molar-refractivity contribution is 7.13. The molecule has 2 aromatic heterocycles. The third-order valence-corrected chi connectivity index (χ3v) is 5.60. The van der Waals surface area contributed by atoms with Crippen LogP contribution in [0.1, 0.15) is 33.8 Å². The van der Waals surface area contributed by atoms with Crippen LogP contribution >= 0.6 is 22.7 Å². The fourth-order valence-corrected chi connectivity index (χ4v) is 3.99. The highest BCUT2D eigenvalue weighted by Gasteiger charge is 2.11. The van der Waals surface area contributed by atoms with E-state index in [9.17, 15) is 9.59 Å². The van der Waals surface area contributed by atoms with E-state index >= 15 is 0 Å². The molecule has 128 valence electrons. The quantitative estimate of drug-likeness (QED) is 0.625. The molecule has 0 spiro atoms. The number of carbonyl (C=O) groups is 2. The van der Waals surface area contributed by atoms with Crippen LogP contribution < -0.4 is 5.32 Å². The van der Waals surface area contributed by atoms with Gasteiger partial charge in [0.1, 0.15) is 5.01 Å². The molecular formula is C19H18N2O2S2. The second kappa shape index (κ2) is 8.18. The summed E-state index contributed by atoms with van der Waals surface area (Å²) in [4.78, 5) is 29.1. The van der Waals surface area contributed by atoms with Gasteiger partial charge in [0.25, 0.3) is 0 Å². The van der Waals surface area contributed by atoms with Crippen LogP contribution in [0.2, 0.25) is 0 Å². The van der Waals surface area contributed by atoms with Crippen LogP contribution in [0.25, 0.3) is 10.6 Å². The first-order valence-electron chi connectivity index (χ1n) is 7.97. The van der Waals surface area contributed by atoms with Gasteiger partial charge in [-0.05, 0) is 23.9 Å². The van der Waals surface area contributed by atoms with Crippen molar-refractivity contribution >= 4 is 34.4 Å². The van der Waals surface area contributed by atoms with Crippen LogP contribution in [-0.4, -0.2) is 16.7 Å². The number of amides is 1. The lowest BCUT2D eigenvalue weighted by Gasteiger charge is -2.03. The van der Waals surface area contributed by atoms with Crippen LogP contribution in [-0.2, 0) is 11.3 Å². The molecule has 0 aliphatic rings. The molecule has 0 bridgehead atoms.